The number of amides is 1. The van der Waals surface area contributed by atoms with Crippen LogP contribution in [0.3, 0.4) is 0 Å². The molecule has 3 fully saturated rings. The number of hydrogen-bond acceptors (Lipinski definition) is 5. The van der Waals surface area contributed by atoms with E-state index >= 15 is 0 Å². The van der Waals surface area contributed by atoms with Crippen molar-refractivity contribution in [1.82, 2.24) is 14.9 Å². The molecule has 0 unspecified atom stereocenters. The minimum Gasteiger partial charge on any atom is -0.352 e. The SMILES string of the molecule is O=C(C1CCCC1)N1CCN(c2nc(C3CC3)nc3sc4c(c23)CCCCC4)CC1. The first kappa shape index (κ1) is 19.0. The van der Waals surface area contributed by atoms with Gasteiger partial charge in [0, 0.05) is 42.9 Å². The lowest BCUT2D eigenvalue weighted by Gasteiger charge is -2.37. The minimum atomic E-state index is 0.288. The Bertz CT molecular complexity index is 952. The second-order valence-electron chi connectivity index (χ2n) is 9.72. The van der Waals surface area contributed by atoms with Gasteiger partial charge in [0.05, 0.1) is 5.39 Å². The molecule has 160 valence electrons. The van der Waals surface area contributed by atoms with Gasteiger partial charge in [-0.1, -0.05) is 19.3 Å². The van der Waals surface area contributed by atoms with E-state index in [-0.39, 0.29) is 5.92 Å². The predicted molar refractivity (Wildman–Crippen MR) is 121 cm³/mol. The average Bonchev–Trinajstić information content (AvgIpc) is 3.44. The third-order valence-electron chi connectivity index (χ3n) is 7.60. The third kappa shape index (κ3) is 3.41. The standard InChI is InChI=1S/C24H32N4OS/c29-24(17-6-4-5-7-17)28-14-12-27(13-15-28)22-20-18-8-2-1-3-9-19(18)30-23(20)26-21(25-22)16-10-11-16/h16-17H,1-15H2. The van der Waals surface area contributed by atoms with Crippen LogP contribution in [0.4, 0.5) is 5.82 Å². The number of aromatic nitrogens is 2. The summed E-state index contributed by atoms with van der Waals surface area (Å²) < 4.78 is 0. The highest BCUT2D eigenvalue weighted by molar-refractivity contribution is 7.19. The highest BCUT2D eigenvalue weighted by atomic mass is 32.1. The topological polar surface area (TPSA) is 49.3 Å². The molecule has 1 amide bonds. The van der Waals surface area contributed by atoms with Gasteiger partial charge in [-0.05, 0) is 56.9 Å². The Morgan fingerprint density at radius 3 is 2.40 bits per heavy atom. The molecule has 0 spiro atoms. The van der Waals surface area contributed by atoms with Gasteiger partial charge in [0.25, 0.3) is 0 Å². The van der Waals surface area contributed by atoms with Gasteiger partial charge in [-0.15, -0.1) is 11.3 Å². The third-order valence-corrected chi connectivity index (χ3v) is 8.79. The van der Waals surface area contributed by atoms with Crippen molar-refractivity contribution in [3.63, 3.8) is 0 Å². The van der Waals surface area contributed by atoms with Crippen molar-refractivity contribution < 1.29 is 4.79 Å². The number of aryl methyl sites for hydroxylation is 2. The van der Waals surface area contributed by atoms with Crippen LogP contribution < -0.4 is 4.90 Å². The van der Waals surface area contributed by atoms with Gasteiger partial charge in [-0.3, -0.25) is 4.79 Å². The summed E-state index contributed by atoms with van der Waals surface area (Å²) in [5.41, 5.74) is 1.54. The van der Waals surface area contributed by atoms with E-state index in [1.165, 1.54) is 79.4 Å². The smallest absolute Gasteiger partial charge is 0.225 e. The van der Waals surface area contributed by atoms with Crippen molar-refractivity contribution in [2.75, 3.05) is 31.1 Å². The summed E-state index contributed by atoms with van der Waals surface area (Å²) in [6, 6.07) is 0. The van der Waals surface area contributed by atoms with Crippen molar-refractivity contribution >= 4 is 33.3 Å². The molecule has 1 aliphatic heterocycles. The number of hydrogen-bond donors (Lipinski definition) is 0. The number of carbonyl (C=O) groups excluding carboxylic acids is 1. The molecule has 2 saturated carbocycles. The Morgan fingerprint density at radius 2 is 1.63 bits per heavy atom. The number of rotatable bonds is 3. The Hall–Kier alpha value is -1.69. The van der Waals surface area contributed by atoms with Gasteiger partial charge >= 0.3 is 0 Å². The van der Waals surface area contributed by atoms with Crippen molar-refractivity contribution in [1.29, 1.82) is 0 Å². The lowest BCUT2D eigenvalue weighted by atomic mass is 10.1. The summed E-state index contributed by atoms with van der Waals surface area (Å²) in [5.74, 6) is 3.51. The van der Waals surface area contributed by atoms with Gasteiger partial charge in [0.15, 0.2) is 0 Å². The second kappa shape index (κ2) is 7.77. The molecule has 1 saturated heterocycles. The van der Waals surface area contributed by atoms with Gasteiger partial charge in [0.1, 0.15) is 16.5 Å². The van der Waals surface area contributed by atoms with Gasteiger partial charge in [-0.2, -0.15) is 0 Å². The van der Waals surface area contributed by atoms with E-state index < -0.39 is 0 Å². The first-order chi connectivity index (χ1) is 14.8. The number of piperazine rings is 1. The largest absolute Gasteiger partial charge is 0.352 e. The van der Waals surface area contributed by atoms with Crippen LogP contribution in [-0.4, -0.2) is 47.0 Å². The molecule has 3 heterocycles. The zero-order chi connectivity index (χ0) is 20.1. The quantitative estimate of drug-likeness (QED) is 0.672. The van der Waals surface area contributed by atoms with Crippen molar-refractivity contribution in [2.45, 2.75) is 76.5 Å². The number of fused-ring (bicyclic) bond motifs is 3. The van der Waals surface area contributed by atoms with Crippen LogP contribution >= 0.6 is 11.3 Å². The average molecular weight is 425 g/mol. The second-order valence-corrected chi connectivity index (χ2v) is 10.8. The first-order valence-electron chi connectivity index (χ1n) is 12.1. The summed E-state index contributed by atoms with van der Waals surface area (Å²) in [6.45, 7) is 3.48. The van der Waals surface area contributed by atoms with E-state index in [1.54, 1.807) is 4.88 Å². The summed E-state index contributed by atoms with van der Waals surface area (Å²) in [6.07, 6.45) is 13.4. The van der Waals surface area contributed by atoms with E-state index in [1.807, 2.05) is 11.3 Å². The summed E-state index contributed by atoms with van der Waals surface area (Å²) >= 11 is 1.93. The van der Waals surface area contributed by atoms with Crippen LogP contribution in [0.25, 0.3) is 10.2 Å². The van der Waals surface area contributed by atoms with Crippen molar-refractivity contribution in [2.24, 2.45) is 5.92 Å². The Labute approximate surface area is 182 Å². The minimum absolute atomic E-state index is 0.288. The molecule has 6 rings (SSSR count). The summed E-state index contributed by atoms with van der Waals surface area (Å²) in [5, 5.41) is 1.34. The number of carbonyl (C=O) groups is 1. The fourth-order valence-corrected chi connectivity index (χ4v) is 6.92. The Kier molecular flexibility index (Phi) is 4.93. The Morgan fingerprint density at radius 1 is 0.867 bits per heavy atom. The molecule has 4 aliphatic rings. The number of thiophene rings is 1. The Balaban J connectivity index is 1.30. The molecular formula is C24H32N4OS. The number of anilines is 1. The summed E-state index contributed by atoms with van der Waals surface area (Å²) in [4.78, 5) is 30.4. The molecular weight excluding hydrogens is 392 g/mol. The molecule has 2 aromatic heterocycles. The lowest BCUT2D eigenvalue weighted by molar-refractivity contribution is -0.135. The van der Waals surface area contributed by atoms with Crippen molar-refractivity contribution in [3.8, 4) is 0 Å². The predicted octanol–water partition coefficient (Wildman–Crippen LogP) is 4.68. The highest BCUT2D eigenvalue weighted by Gasteiger charge is 2.33. The van der Waals surface area contributed by atoms with Gasteiger partial charge in [0.2, 0.25) is 5.91 Å². The van der Waals surface area contributed by atoms with Crippen LogP contribution in [0.2, 0.25) is 0 Å². The molecule has 0 aromatic carbocycles. The molecule has 6 heteroatoms. The number of nitrogens with zero attached hydrogens (tertiary/aromatic N) is 4. The summed E-state index contributed by atoms with van der Waals surface area (Å²) in [7, 11) is 0. The van der Waals surface area contributed by atoms with Gasteiger partial charge in [-0.25, -0.2) is 9.97 Å². The molecule has 0 N–H and O–H groups in total. The molecule has 0 radical (unpaired) electrons. The van der Waals surface area contributed by atoms with Crippen molar-refractivity contribution in [3.05, 3.63) is 16.3 Å². The molecule has 0 atom stereocenters. The van der Waals surface area contributed by atoms with E-state index in [9.17, 15) is 4.79 Å². The molecule has 5 nitrogen and oxygen atoms in total. The first-order valence-corrected chi connectivity index (χ1v) is 13.0. The normalized spacial score (nSPS) is 23.1. The van der Waals surface area contributed by atoms with Crippen LogP contribution in [0, 0.1) is 5.92 Å². The fraction of sp³-hybridized carbons (Fsp3) is 0.708. The molecule has 3 aliphatic carbocycles. The zero-order valence-corrected chi connectivity index (χ0v) is 18.7. The monoisotopic (exact) mass is 424 g/mol. The van der Waals surface area contributed by atoms with E-state index in [0.717, 1.165) is 44.8 Å². The fourth-order valence-electron chi connectivity index (χ4n) is 5.65. The molecule has 0 bridgehead atoms. The molecule has 30 heavy (non-hydrogen) atoms. The van der Waals surface area contributed by atoms with Crippen LogP contribution in [0.1, 0.15) is 80.0 Å². The maximum absolute atomic E-state index is 12.9. The highest BCUT2D eigenvalue weighted by Crippen LogP contribution is 2.44. The van der Waals surface area contributed by atoms with Crippen LogP contribution in [0.15, 0.2) is 0 Å². The van der Waals surface area contributed by atoms with Gasteiger partial charge < -0.3 is 9.80 Å². The maximum Gasteiger partial charge on any atom is 0.225 e. The van der Waals surface area contributed by atoms with Crippen LogP contribution in [0.5, 0.6) is 0 Å². The van der Waals surface area contributed by atoms with E-state index in [4.69, 9.17) is 9.97 Å². The van der Waals surface area contributed by atoms with E-state index in [2.05, 4.69) is 9.80 Å². The lowest BCUT2D eigenvalue weighted by Crippen LogP contribution is -2.50. The maximum atomic E-state index is 12.9. The van der Waals surface area contributed by atoms with E-state index in [0.29, 0.717) is 11.8 Å². The molecule has 2 aromatic rings. The zero-order valence-electron chi connectivity index (χ0n) is 17.9. The van der Waals surface area contributed by atoms with Crippen LogP contribution in [-0.2, 0) is 17.6 Å².